The number of aliphatic hydroxyl groups excluding tert-OH is 1. The van der Waals surface area contributed by atoms with Crippen molar-refractivity contribution in [3.8, 4) is 0 Å². The fourth-order valence-corrected chi connectivity index (χ4v) is 6.31. The van der Waals surface area contributed by atoms with Crippen molar-refractivity contribution in [2.75, 3.05) is 64.0 Å². The van der Waals surface area contributed by atoms with Crippen molar-refractivity contribution < 1.29 is 19.0 Å². The predicted octanol–water partition coefficient (Wildman–Crippen LogP) is 2.79. The van der Waals surface area contributed by atoms with Crippen LogP contribution >= 0.6 is 0 Å². The van der Waals surface area contributed by atoms with Crippen molar-refractivity contribution in [2.24, 2.45) is 0 Å². The largest absolute Gasteiger partial charge is 0.394 e. The number of hydrogen-bond donors (Lipinski definition) is 2. The lowest BCUT2D eigenvalue weighted by atomic mass is 9.86. The van der Waals surface area contributed by atoms with Gasteiger partial charge in [0.15, 0.2) is 0 Å². The van der Waals surface area contributed by atoms with E-state index in [1.165, 1.54) is 17.7 Å². The number of piperazine rings is 1. The minimum absolute atomic E-state index is 0.0440. The van der Waals surface area contributed by atoms with Crippen LogP contribution in [0.3, 0.4) is 0 Å². The van der Waals surface area contributed by atoms with Gasteiger partial charge in [0, 0.05) is 55.9 Å². The van der Waals surface area contributed by atoms with Crippen LogP contribution in [0.25, 0.3) is 0 Å². The second kappa shape index (κ2) is 11.3. The third-order valence-electron chi connectivity index (χ3n) is 8.78. The Morgan fingerprint density at radius 3 is 2.64 bits per heavy atom. The molecule has 7 nitrogen and oxygen atoms in total. The second-order valence-corrected chi connectivity index (χ2v) is 12.6. The van der Waals surface area contributed by atoms with Gasteiger partial charge in [0.1, 0.15) is 5.82 Å². The van der Waals surface area contributed by atoms with E-state index in [1.54, 1.807) is 0 Å². The number of aliphatic hydroxyl groups is 1. The molecule has 0 spiro atoms. The topological polar surface area (TPSA) is 68.3 Å². The first-order chi connectivity index (χ1) is 18.6. The molecule has 3 aliphatic heterocycles. The molecule has 3 atom stereocenters. The van der Waals surface area contributed by atoms with Gasteiger partial charge in [0.05, 0.1) is 31.9 Å². The van der Waals surface area contributed by atoms with Gasteiger partial charge in [-0.05, 0) is 55.2 Å². The molecule has 0 saturated carbocycles. The normalized spacial score (nSPS) is 27.5. The Hall–Kier alpha value is -2.36. The van der Waals surface area contributed by atoms with Crippen molar-refractivity contribution in [1.29, 1.82) is 0 Å². The second-order valence-electron chi connectivity index (χ2n) is 12.6. The van der Waals surface area contributed by atoms with E-state index in [0.717, 1.165) is 43.0 Å². The van der Waals surface area contributed by atoms with Crippen molar-refractivity contribution in [3.63, 3.8) is 0 Å². The first kappa shape index (κ1) is 28.2. The molecule has 1 amide bonds. The van der Waals surface area contributed by atoms with Crippen molar-refractivity contribution in [1.82, 2.24) is 15.1 Å². The number of carbonyl (C=O) groups excluding carboxylic acids is 1. The van der Waals surface area contributed by atoms with Crippen molar-refractivity contribution >= 4 is 11.6 Å². The summed E-state index contributed by atoms with van der Waals surface area (Å²) in [5.41, 5.74) is 3.80. The highest BCUT2D eigenvalue weighted by Gasteiger charge is 2.41. The zero-order valence-corrected chi connectivity index (χ0v) is 23.8. The smallest absolute Gasteiger partial charge is 0.241 e. The number of morpholine rings is 1. The number of halogens is 1. The van der Waals surface area contributed by atoms with Crippen LogP contribution in [0.15, 0.2) is 42.5 Å². The Labute approximate surface area is 231 Å². The number of fused-ring (bicyclic) bond motifs is 1. The highest BCUT2D eigenvalue weighted by molar-refractivity contribution is 5.97. The van der Waals surface area contributed by atoms with Crippen LogP contribution in [0.1, 0.15) is 44.4 Å². The molecule has 8 heteroatoms. The number of nitrogens with zero attached hydrogens (tertiary/aromatic N) is 3. The van der Waals surface area contributed by atoms with Gasteiger partial charge in [-0.25, -0.2) is 4.39 Å². The molecule has 2 N–H and O–H groups in total. The number of rotatable bonds is 7. The summed E-state index contributed by atoms with van der Waals surface area (Å²) in [6.07, 6.45) is 0.691. The fraction of sp³-hybridized carbons (Fsp3) is 0.581. The Balaban J connectivity index is 1.33. The Morgan fingerprint density at radius 1 is 1.15 bits per heavy atom. The van der Waals surface area contributed by atoms with E-state index in [0.29, 0.717) is 38.8 Å². The molecule has 2 saturated heterocycles. The zero-order valence-electron chi connectivity index (χ0n) is 23.8. The summed E-state index contributed by atoms with van der Waals surface area (Å²) >= 11 is 0. The van der Waals surface area contributed by atoms with Gasteiger partial charge in [-0.2, -0.15) is 0 Å². The lowest BCUT2D eigenvalue weighted by Gasteiger charge is -2.48. The summed E-state index contributed by atoms with van der Waals surface area (Å²) in [5, 5.41) is 13.7. The van der Waals surface area contributed by atoms with Crippen LogP contribution in [0.2, 0.25) is 0 Å². The summed E-state index contributed by atoms with van der Waals surface area (Å²) in [6, 6.07) is 13.5. The number of amides is 1. The Kier molecular flexibility index (Phi) is 8.13. The van der Waals surface area contributed by atoms with E-state index in [1.807, 2.05) is 24.0 Å². The third-order valence-corrected chi connectivity index (χ3v) is 8.78. The van der Waals surface area contributed by atoms with Gasteiger partial charge in [-0.1, -0.05) is 38.1 Å². The standard InChI is InChI=1S/C31H43FN4O3/c1-22-16-34(26(15-33-22)17-35-11-12-39-21-31(35,4)20-37)18-29(38)36-19-30(2,3)27-10-7-24(14-28(27)36)13-23-5-8-25(32)9-6-23/h5-10,14,22,26,33,37H,11-13,15-21H2,1-4H3/t22-,26-,31+/m1/s1. The van der Waals surface area contributed by atoms with E-state index in [4.69, 9.17) is 4.74 Å². The highest BCUT2D eigenvalue weighted by atomic mass is 19.1. The van der Waals surface area contributed by atoms with Crippen molar-refractivity contribution in [3.05, 3.63) is 65.0 Å². The fourth-order valence-electron chi connectivity index (χ4n) is 6.31. The van der Waals surface area contributed by atoms with Crippen LogP contribution < -0.4 is 10.2 Å². The molecule has 212 valence electrons. The lowest BCUT2D eigenvalue weighted by Crippen LogP contribution is -2.65. The molecule has 0 aromatic heterocycles. The van der Waals surface area contributed by atoms with Crippen LogP contribution in [-0.4, -0.2) is 97.5 Å². The van der Waals surface area contributed by atoms with Gasteiger partial charge in [-0.3, -0.25) is 14.6 Å². The van der Waals surface area contributed by atoms with E-state index in [2.05, 4.69) is 54.1 Å². The molecule has 0 radical (unpaired) electrons. The maximum absolute atomic E-state index is 13.9. The average Bonchev–Trinajstić information content (AvgIpc) is 3.18. The average molecular weight is 539 g/mol. The SMILES string of the molecule is C[C@@H]1CN(CC(=O)N2CC(C)(C)c3ccc(Cc4ccc(F)cc4)cc32)[C@@H](CN2CCOC[C@]2(C)CO)CN1. The van der Waals surface area contributed by atoms with E-state index in [9.17, 15) is 14.3 Å². The Bertz CT molecular complexity index is 1170. The molecular formula is C31H43FN4O3. The predicted molar refractivity (Wildman–Crippen MR) is 152 cm³/mol. The molecule has 5 rings (SSSR count). The quantitative estimate of drug-likeness (QED) is 0.565. The lowest BCUT2D eigenvalue weighted by molar-refractivity contribution is -0.122. The van der Waals surface area contributed by atoms with Crippen LogP contribution in [0, 0.1) is 5.82 Å². The van der Waals surface area contributed by atoms with Crippen LogP contribution in [-0.2, 0) is 21.4 Å². The maximum atomic E-state index is 13.9. The van der Waals surface area contributed by atoms with Crippen LogP contribution in [0.4, 0.5) is 10.1 Å². The Morgan fingerprint density at radius 2 is 1.90 bits per heavy atom. The number of ether oxygens (including phenoxy) is 1. The van der Waals surface area contributed by atoms with Gasteiger partial charge in [0.2, 0.25) is 5.91 Å². The maximum Gasteiger partial charge on any atom is 0.241 e. The molecule has 2 aromatic carbocycles. The first-order valence-corrected chi connectivity index (χ1v) is 14.2. The molecule has 39 heavy (non-hydrogen) atoms. The summed E-state index contributed by atoms with van der Waals surface area (Å²) in [6.45, 7) is 14.0. The molecule has 3 aliphatic rings. The monoisotopic (exact) mass is 538 g/mol. The van der Waals surface area contributed by atoms with Gasteiger partial charge < -0.3 is 20.1 Å². The van der Waals surface area contributed by atoms with Crippen LogP contribution in [0.5, 0.6) is 0 Å². The number of nitrogens with one attached hydrogen (secondary N) is 1. The molecule has 0 bridgehead atoms. The summed E-state index contributed by atoms with van der Waals surface area (Å²) < 4.78 is 19.1. The molecule has 2 fully saturated rings. The minimum Gasteiger partial charge on any atom is -0.394 e. The minimum atomic E-state index is -0.407. The van der Waals surface area contributed by atoms with Gasteiger partial charge in [-0.15, -0.1) is 0 Å². The summed E-state index contributed by atoms with van der Waals surface area (Å²) in [7, 11) is 0. The number of anilines is 1. The molecule has 0 unspecified atom stereocenters. The third kappa shape index (κ3) is 6.05. The number of carbonyl (C=O) groups is 1. The van der Waals surface area contributed by atoms with Gasteiger partial charge in [0.25, 0.3) is 0 Å². The number of hydrogen-bond acceptors (Lipinski definition) is 6. The van der Waals surface area contributed by atoms with Gasteiger partial charge >= 0.3 is 0 Å². The highest BCUT2D eigenvalue weighted by Crippen LogP contribution is 2.41. The number of benzene rings is 2. The molecule has 2 aromatic rings. The summed E-state index contributed by atoms with van der Waals surface area (Å²) in [4.78, 5) is 20.6. The van der Waals surface area contributed by atoms with E-state index >= 15 is 0 Å². The zero-order chi connectivity index (χ0) is 27.8. The van der Waals surface area contributed by atoms with E-state index in [-0.39, 0.29) is 29.8 Å². The van der Waals surface area contributed by atoms with E-state index < -0.39 is 5.54 Å². The van der Waals surface area contributed by atoms with Crippen molar-refractivity contribution in [2.45, 2.75) is 57.2 Å². The molecule has 0 aliphatic carbocycles. The molecular weight excluding hydrogens is 495 g/mol. The molecule has 3 heterocycles. The first-order valence-electron chi connectivity index (χ1n) is 14.2. The summed E-state index contributed by atoms with van der Waals surface area (Å²) in [5.74, 6) is -0.117.